The molecule has 7 heteroatoms. The van der Waals surface area contributed by atoms with Gasteiger partial charge in [-0.3, -0.25) is 4.79 Å². The van der Waals surface area contributed by atoms with Gasteiger partial charge < -0.3 is 5.73 Å². The van der Waals surface area contributed by atoms with Crippen LogP contribution >= 0.6 is 11.6 Å². The Morgan fingerprint density at radius 3 is 2.82 bits per heavy atom. The summed E-state index contributed by atoms with van der Waals surface area (Å²) < 4.78 is 13.7. The maximum absolute atomic E-state index is 13.7. The summed E-state index contributed by atoms with van der Waals surface area (Å²) in [4.78, 5) is 11.1. The van der Waals surface area contributed by atoms with Gasteiger partial charge in [0.25, 0.3) is 5.91 Å². The predicted molar refractivity (Wildman–Crippen MR) is 60.0 cm³/mol. The van der Waals surface area contributed by atoms with E-state index in [0.29, 0.717) is 10.6 Å². The topological polar surface area (TPSA) is 84.7 Å². The van der Waals surface area contributed by atoms with Crippen molar-refractivity contribution < 1.29 is 9.18 Å². The van der Waals surface area contributed by atoms with Gasteiger partial charge in [-0.05, 0) is 24.6 Å². The molecule has 1 aromatic heterocycles. The molecule has 17 heavy (non-hydrogen) atoms. The molecule has 0 unspecified atom stereocenters. The summed E-state index contributed by atoms with van der Waals surface area (Å²) in [6.07, 6.45) is 0. The fourth-order valence-electron chi connectivity index (χ4n) is 1.42. The van der Waals surface area contributed by atoms with Crippen molar-refractivity contribution in [2.45, 2.75) is 6.92 Å². The molecule has 2 rings (SSSR count). The lowest BCUT2D eigenvalue weighted by molar-refractivity contribution is 0.0996. The van der Waals surface area contributed by atoms with Crippen LogP contribution in [0, 0.1) is 12.7 Å². The number of carbonyl (C=O) groups excluding carboxylic acids is 1. The number of amides is 1. The van der Waals surface area contributed by atoms with Crippen LogP contribution in [-0.2, 0) is 0 Å². The number of nitrogens with one attached hydrogen (secondary N) is 1. The van der Waals surface area contributed by atoms with Gasteiger partial charge in [-0.15, -0.1) is 0 Å². The van der Waals surface area contributed by atoms with E-state index in [1.54, 1.807) is 6.92 Å². The van der Waals surface area contributed by atoms with Crippen LogP contribution in [0.1, 0.15) is 16.1 Å². The average Bonchev–Trinajstić information content (AvgIpc) is 2.72. The van der Waals surface area contributed by atoms with Gasteiger partial charge in [0.05, 0.1) is 0 Å². The highest BCUT2D eigenvalue weighted by molar-refractivity contribution is 6.31. The molecule has 0 saturated carbocycles. The number of halogens is 2. The third kappa shape index (κ3) is 1.99. The normalized spacial score (nSPS) is 10.5. The molecule has 0 aliphatic heterocycles. The molecular formula is C10H8ClFN4O. The molecule has 0 aliphatic rings. The molecule has 1 heterocycles. The monoisotopic (exact) mass is 254 g/mol. The van der Waals surface area contributed by atoms with Gasteiger partial charge in [-0.25, -0.2) is 4.39 Å². The first kappa shape index (κ1) is 11.5. The molecule has 0 spiro atoms. The number of H-pyrrole nitrogens is 1. The van der Waals surface area contributed by atoms with E-state index in [-0.39, 0.29) is 17.0 Å². The van der Waals surface area contributed by atoms with Crippen LogP contribution in [0.15, 0.2) is 12.1 Å². The molecule has 5 nitrogen and oxygen atoms in total. The van der Waals surface area contributed by atoms with Gasteiger partial charge in [0, 0.05) is 10.6 Å². The number of carbonyl (C=O) groups is 1. The molecule has 0 radical (unpaired) electrons. The van der Waals surface area contributed by atoms with Crippen molar-refractivity contribution >= 4 is 17.5 Å². The first-order chi connectivity index (χ1) is 8.00. The number of hydrogen-bond donors (Lipinski definition) is 2. The molecule has 0 bridgehead atoms. The van der Waals surface area contributed by atoms with Crippen LogP contribution in [0.25, 0.3) is 11.3 Å². The Labute approximate surface area is 101 Å². The summed E-state index contributed by atoms with van der Waals surface area (Å²) >= 11 is 5.89. The Kier molecular flexibility index (Phi) is 2.81. The largest absolute Gasteiger partial charge is 0.364 e. The lowest BCUT2D eigenvalue weighted by Crippen LogP contribution is -2.13. The fraction of sp³-hybridized carbons (Fsp3) is 0.100. The number of hydrogen-bond acceptors (Lipinski definition) is 3. The van der Waals surface area contributed by atoms with E-state index in [9.17, 15) is 9.18 Å². The van der Waals surface area contributed by atoms with E-state index in [0.717, 1.165) is 0 Å². The highest BCUT2D eigenvalue weighted by Crippen LogP contribution is 2.28. The molecule has 0 saturated heterocycles. The minimum atomic E-state index is -0.787. The van der Waals surface area contributed by atoms with Crippen LogP contribution in [0.2, 0.25) is 5.02 Å². The minimum Gasteiger partial charge on any atom is -0.364 e. The average molecular weight is 255 g/mol. The Hall–Kier alpha value is -1.95. The van der Waals surface area contributed by atoms with Gasteiger partial charge in [0.2, 0.25) is 0 Å². The quantitative estimate of drug-likeness (QED) is 0.855. The first-order valence-corrected chi connectivity index (χ1v) is 5.05. The highest BCUT2D eigenvalue weighted by atomic mass is 35.5. The van der Waals surface area contributed by atoms with Crippen molar-refractivity contribution in [3.8, 4) is 11.3 Å². The van der Waals surface area contributed by atoms with Crippen molar-refractivity contribution in [1.29, 1.82) is 0 Å². The molecule has 1 aromatic carbocycles. The molecule has 3 N–H and O–H groups in total. The second kappa shape index (κ2) is 4.14. The first-order valence-electron chi connectivity index (χ1n) is 4.67. The minimum absolute atomic E-state index is 0.0527. The van der Waals surface area contributed by atoms with Gasteiger partial charge in [0.1, 0.15) is 11.5 Å². The third-order valence-electron chi connectivity index (χ3n) is 2.28. The Morgan fingerprint density at radius 2 is 2.18 bits per heavy atom. The van der Waals surface area contributed by atoms with Crippen LogP contribution in [0.5, 0.6) is 0 Å². The number of nitrogens with zero attached hydrogens (tertiary/aromatic N) is 2. The Morgan fingerprint density at radius 1 is 1.47 bits per heavy atom. The summed E-state index contributed by atoms with van der Waals surface area (Å²) in [7, 11) is 0. The molecule has 0 atom stereocenters. The molecule has 88 valence electrons. The van der Waals surface area contributed by atoms with Crippen molar-refractivity contribution in [3.63, 3.8) is 0 Å². The SMILES string of the molecule is Cc1cc(F)c(-c2n[nH]nc2C(N)=O)cc1Cl. The maximum Gasteiger partial charge on any atom is 0.271 e. The number of benzene rings is 1. The second-order valence-electron chi connectivity index (χ2n) is 3.47. The number of aromatic amines is 1. The molecule has 0 fully saturated rings. The number of aryl methyl sites for hydroxylation is 1. The van der Waals surface area contributed by atoms with Crippen LogP contribution in [0.4, 0.5) is 4.39 Å². The summed E-state index contributed by atoms with van der Waals surface area (Å²) in [5.74, 6) is -1.33. The van der Waals surface area contributed by atoms with Crippen molar-refractivity contribution in [2.24, 2.45) is 5.73 Å². The van der Waals surface area contributed by atoms with Crippen LogP contribution in [-0.4, -0.2) is 21.3 Å². The summed E-state index contributed by atoms with van der Waals surface area (Å²) in [6.45, 7) is 1.67. The molecule has 2 aromatic rings. The summed E-state index contributed by atoms with van der Waals surface area (Å²) in [5.41, 5.74) is 5.71. The summed E-state index contributed by atoms with van der Waals surface area (Å²) in [6, 6.07) is 2.65. The van der Waals surface area contributed by atoms with Gasteiger partial charge in [-0.2, -0.15) is 15.4 Å². The van der Waals surface area contributed by atoms with E-state index in [1.807, 2.05) is 0 Å². The highest BCUT2D eigenvalue weighted by Gasteiger charge is 2.19. The van der Waals surface area contributed by atoms with E-state index < -0.39 is 11.7 Å². The summed E-state index contributed by atoms with van der Waals surface area (Å²) in [5, 5.41) is 9.87. The zero-order chi connectivity index (χ0) is 12.6. The fourth-order valence-corrected chi connectivity index (χ4v) is 1.58. The Balaban J connectivity index is 2.64. The van der Waals surface area contributed by atoms with Crippen molar-refractivity contribution in [1.82, 2.24) is 15.4 Å². The van der Waals surface area contributed by atoms with Gasteiger partial charge in [0.15, 0.2) is 5.69 Å². The number of primary amides is 1. The smallest absolute Gasteiger partial charge is 0.271 e. The lowest BCUT2D eigenvalue weighted by Gasteiger charge is -2.04. The molecule has 0 aliphatic carbocycles. The number of nitrogens with two attached hydrogens (primary N) is 1. The third-order valence-corrected chi connectivity index (χ3v) is 2.69. The number of rotatable bonds is 2. The van der Waals surface area contributed by atoms with Gasteiger partial charge >= 0.3 is 0 Å². The molecular weight excluding hydrogens is 247 g/mol. The number of aromatic nitrogens is 3. The standard InChI is InChI=1S/C10H8ClFN4O/c1-4-2-7(12)5(3-6(4)11)8-9(10(13)17)15-16-14-8/h2-3H,1H3,(H2,13,17)(H,14,15,16). The van der Waals surface area contributed by atoms with Crippen molar-refractivity contribution in [3.05, 3.63) is 34.2 Å². The van der Waals surface area contributed by atoms with Crippen LogP contribution in [0.3, 0.4) is 0 Å². The maximum atomic E-state index is 13.7. The van der Waals surface area contributed by atoms with E-state index >= 15 is 0 Å². The van der Waals surface area contributed by atoms with E-state index in [2.05, 4.69) is 15.4 Å². The van der Waals surface area contributed by atoms with Crippen LogP contribution < -0.4 is 5.73 Å². The second-order valence-corrected chi connectivity index (χ2v) is 3.87. The van der Waals surface area contributed by atoms with E-state index in [1.165, 1.54) is 12.1 Å². The molecule has 1 amide bonds. The Bertz CT molecular complexity index is 596. The van der Waals surface area contributed by atoms with Gasteiger partial charge in [-0.1, -0.05) is 11.6 Å². The predicted octanol–water partition coefficient (Wildman–Crippen LogP) is 1.67. The zero-order valence-electron chi connectivity index (χ0n) is 8.79. The van der Waals surface area contributed by atoms with Crippen molar-refractivity contribution in [2.75, 3.05) is 0 Å². The lowest BCUT2D eigenvalue weighted by atomic mass is 10.1. The zero-order valence-corrected chi connectivity index (χ0v) is 9.55. The van der Waals surface area contributed by atoms with E-state index in [4.69, 9.17) is 17.3 Å².